The van der Waals surface area contributed by atoms with Gasteiger partial charge in [-0.1, -0.05) is 24.3 Å². The van der Waals surface area contributed by atoms with Crippen LogP contribution in [0.1, 0.15) is 23.1 Å². The molecular formula is C18H21FN2O. The molecule has 3 nitrogen and oxygen atoms in total. The Balaban J connectivity index is 1.74. The molecule has 4 heteroatoms. The van der Waals surface area contributed by atoms with Gasteiger partial charge in [0.15, 0.2) is 0 Å². The third kappa shape index (κ3) is 4.67. The highest BCUT2D eigenvalue weighted by atomic mass is 19.1. The quantitative estimate of drug-likeness (QED) is 0.801. The molecule has 2 rings (SSSR count). The summed E-state index contributed by atoms with van der Waals surface area (Å²) in [4.78, 5) is 11.9. The maximum atomic E-state index is 13.4. The first-order valence-corrected chi connectivity index (χ1v) is 7.37. The van der Waals surface area contributed by atoms with Gasteiger partial charge in [0.05, 0.1) is 0 Å². The molecule has 22 heavy (non-hydrogen) atoms. The largest absolute Gasteiger partial charge is 0.326 e. The fraction of sp³-hybridized carbons (Fsp3) is 0.278. The van der Waals surface area contributed by atoms with Crippen LogP contribution in [0, 0.1) is 19.7 Å². The molecule has 2 N–H and O–H groups in total. The van der Waals surface area contributed by atoms with E-state index in [1.165, 1.54) is 11.6 Å². The van der Waals surface area contributed by atoms with Crippen LogP contribution in [0.15, 0.2) is 42.5 Å². The minimum Gasteiger partial charge on any atom is -0.326 e. The standard InChI is InChI=1S/C18H21FN2O/c1-13-7-8-16(11-14(13)2)21-18(22)9-10-20-12-15-5-3-4-6-17(15)19/h3-8,11,20H,9-10,12H2,1-2H3,(H,21,22). The van der Waals surface area contributed by atoms with Gasteiger partial charge in [-0.3, -0.25) is 4.79 Å². The maximum Gasteiger partial charge on any atom is 0.225 e. The molecule has 2 aromatic carbocycles. The van der Waals surface area contributed by atoms with Crippen LogP contribution in [0.3, 0.4) is 0 Å². The van der Waals surface area contributed by atoms with Crippen LogP contribution in [0.25, 0.3) is 0 Å². The summed E-state index contributed by atoms with van der Waals surface area (Å²) < 4.78 is 13.4. The Bertz CT molecular complexity index is 655. The van der Waals surface area contributed by atoms with Crippen LogP contribution in [-0.4, -0.2) is 12.5 Å². The molecule has 0 heterocycles. The summed E-state index contributed by atoms with van der Waals surface area (Å²) >= 11 is 0. The van der Waals surface area contributed by atoms with Crippen LogP contribution in [0.4, 0.5) is 10.1 Å². The summed E-state index contributed by atoms with van der Waals surface area (Å²) in [7, 11) is 0. The van der Waals surface area contributed by atoms with Crippen molar-refractivity contribution in [2.24, 2.45) is 0 Å². The molecule has 0 saturated carbocycles. The van der Waals surface area contributed by atoms with E-state index in [0.29, 0.717) is 25.1 Å². The number of hydrogen-bond acceptors (Lipinski definition) is 2. The molecule has 0 saturated heterocycles. The lowest BCUT2D eigenvalue weighted by atomic mass is 10.1. The fourth-order valence-electron chi connectivity index (χ4n) is 2.11. The van der Waals surface area contributed by atoms with Crippen LogP contribution < -0.4 is 10.6 Å². The number of anilines is 1. The second kappa shape index (κ2) is 7.71. The smallest absolute Gasteiger partial charge is 0.225 e. The average molecular weight is 300 g/mol. The number of carbonyl (C=O) groups is 1. The molecule has 0 aliphatic rings. The number of benzene rings is 2. The van der Waals surface area contributed by atoms with E-state index >= 15 is 0 Å². The number of amides is 1. The summed E-state index contributed by atoms with van der Waals surface area (Å²) in [6, 6.07) is 12.5. The van der Waals surface area contributed by atoms with Crippen LogP contribution in [-0.2, 0) is 11.3 Å². The van der Waals surface area contributed by atoms with Crippen molar-refractivity contribution in [3.63, 3.8) is 0 Å². The van der Waals surface area contributed by atoms with E-state index in [0.717, 1.165) is 11.3 Å². The van der Waals surface area contributed by atoms with Gasteiger partial charge in [-0.05, 0) is 43.2 Å². The monoisotopic (exact) mass is 300 g/mol. The van der Waals surface area contributed by atoms with Crippen molar-refractivity contribution in [1.29, 1.82) is 0 Å². The number of carbonyl (C=O) groups excluding carboxylic acids is 1. The first-order valence-electron chi connectivity index (χ1n) is 7.37. The highest BCUT2D eigenvalue weighted by Crippen LogP contribution is 2.14. The first kappa shape index (κ1) is 16.2. The summed E-state index contributed by atoms with van der Waals surface area (Å²) in [5.74, 6) is -0.279. The van der Waals surface area contributed by atoms with Crippen LogP contribution in [0.2, 0.25) is 0 Å². The minimum absolute atomic E-state index is 0.0516. The van der Waals surface area contributed by atoms with Gasteiger partial charge in [0.25, 0.3) is 0 Å². The summed E-state index contributed by atoms with van der Waals surface area (Å²) in [5.41, 5.74) is 3.76. The predicted molar refractivity (Wildman–Crippen MR) is 87.3 cm³/mol. The van der Waals surface area contributed by atoms with Gasteiger partial charge in [0.1, 0.15) is 5.82 Å². The Hall–Kier alpha value is -2.20. The summed E-state index contributed by atoms with van der Waals surface area (Å²) in [6.45, 7) is 4.98. The van der Waals surface area contributed by atoms with Crippen molar-refractivity contribution in [3.05, 3.63) is 65.0 Å². The number of rotatable bonds is 6. The van der Waals surface area contributed by atoms with E-state index in [-0.39, 0.29) is 11.7 Å². The van der Waals surface area contributed by atoms with Crippen molar-refractivity contribution >= 4 is 11.6 Å². The zero-order chi connectivity index (χ0) is 15.9. The predicted octanol–water partition coefficient (Wildman–Crippen LogP) is 3.56. The van der Waals surface area contributed by atoms with Gasteiger partial charge in [-0.25, -0.2) is 4.39 Å². The third-order valence-electron chi connectivity index (χ3n) is 3.59. The molecule has 0 bridgehead atoms. The molecule has 0 fully saturated rings. The lowest BCUT2D eigenvalue weighted by Gasteiger charge is -2.09. The highest BCUT2D eigenvalue weighted by molar-refractivity contribution is 5.90. The van der Waals surface area contributed by atoms with E-state index in [2.05, 4.69) is 10.6 Å². The Kier molecular flexibility index (Phi) is 5.67. The lowest BCUT2D eigenvalue weighted by molar-refractivity contribution is -0.116. The molecule has 0 atom stereocenters. The van der Waals surface area contributed by atoms with Crippen molar-refractivity contribution < 1.29 is 9.18 Å². The van der Waals surface area contributed by atoms with Crippen molar-refractivity contribution in [2.75, 3.05) is 11.9 Å². The van der Waals surface area contributed by atoms with Gasteiger partial charge in [0.2, 0.25) is 5.91 Å². The Labute approximate surface area is 130 Å². The molecule has 0 spiro atoms. The molecule has 0 aliphatic heterocycles. The van der Waals surface area contributed by atoms with E-state index in [1.54, 1.807) is 18.2 Å². The van der Waals surface area contributed by atoms with Gasteiger partial charge < -0.3 is 10.6 Å². The number of hydrogen-bond donors (Lipinski definition) is 2. The molecule has 0 radical (unpaired) electrons. The van der Waals surface area contributed by atoms with Gasteiger partial charge in [0, 0.05) is 30.8 Å². The van der Waals surface area contributed by atoms with Crippen molar-refractivity contribution in [2.45, 2.75) is 26.8 Å². The Morgan fingerprint density at radius 1 is 1.09 bits per heavy atom. The van der Waals surface area contributed by atoms with E-state index in [1.807, 2.05) is 32.0 Å². The second-order valence-electron chi connectivity index (χ2n) is 5.37. The van der Waals surface area contributed by atoms with Crippen LogP contribution >= 0.6 is 0 Å². The maximum absolute atomic E-state index is 13.4. The minimum atomic E-state index is -0.227. The molecule has 2 aromatic rings. The summed E-state index contributed by atoms with van der Waals surface area (Å²) in [6.07, 6.45) is 0.349. The Morgan fingerprint density at radius 2 is 1.86 bits per heavy atom. The van der Waals surface area contributed by atoms with E-state index < -0.39 is 0 Å². The third-order valence-corrected chi connectivity index (χ3v) is 3.59. The van der Waals surface area contributed by atoms with Crippen molar-refractivity contribution in [3.8, 4) is 0 Å². The average Bonchev–Trinajstić information content (AvgIpc) is 2.49. The van der Waals surface area contributed by atoms with Crippen molar-refractivity contribution in [1.82, 2.24) is 5.32 Å². The van der Waals surface area contributed by atoms with Gasteiger partial charge >= 0.3 is 0 Å². The molecule has 1 amide bonds. The highest BCUT2D eigenvalue weighted by Gasteiger charge is 2.04. The van der Waals surface area contributed by atoms with E-state index in [9.17, 15) is 9.18 Å². The normalized spacial score (nSPS) is 10.5. The topological polar surface area (TPSA) is 41.1 Å². The molecule has 116 valence electrons. The molecule has 0 aliphatic carbocycles. The SMILES string of the molecule is Cc1ccc(NC(=O)CCNCc2ccccc2F)cc1C. The lowest BCUT2D eigenvalue weighted by Crippen LogP contribution is -2.22. The first-order chi connectivity index (χ1) is 10.6. The molecular weight excluding hydrogens is 279 g/mol. The summed E-state index contributed by atoms with van der Waals surface area (Å²) in [5, 5.41) is 5.95. The molecule has 0 aromatic heterocycles. The van der Waals surface area contributed by atoms with Gasteiger partial charge in [-0.15, -0.1) is 0 Å². The number of halogens is 1. The second-order valence-corrected chi connectivity index (χ2v) is 5.37. The van der Waals surface area contributed by atoms with E-state index in [4.69, 9.17) is 0 Å². The van der Waals surface area contributed by atoms with Crippen LogP contribution in [0.5, 0.6) is 0 Å². The number of nitrogens with one attached hydrogen (secondary N) is 2. The number of aryl methyl sites for hydroxylation is 2. The molecule has 0 unspecified atom stereocenters. The zero-order valence-electron chi connectivity index (χ0n) is 12.9. The van der Waals surface area contributed by atoms with Gasteiger partial charge in [-0.2, -0.15) is 0 Å². The zero-order valence-corrected chi connectivity index (χ0v) is 12.9. The fourth-order valence-corrected chi connectivity index (χ4v) is 2.11. The Morgan fingerprint density at radius 3 is 2.59 bits per heavy atom.